The first-order chi connectivity index (χ1) is 13.0. The third-order valence-electron chi connectivity index (χ3n) is 3.45. The van der Waals surface area contributed by atoms with E-state index in [9.17, 15) is 26.3 Å². The predicted octanol–water partition coefficient (Wildman–Crippen LogP) is 1.67. The first-order valence-corrected chi connectivity index (χ1v) is 8.44. The summed E-state index contributed by atoms with van der Waals surface area (Å²) < 4.78 is 105. The average molecular weight is 430 g/mol. The van der Waals surface area contributed by atoms with E-state index in [1.54, 1.807) is 6.92 Å². The van der Waals surface area contributed by atoms with Gasteiger partial charge in [-0.05, 0) is 6.92 Å². The van der Waals surface area contributed by atoms with Gasteiger partial charge in [0.15, 0.2) is 0 Å². The minimum Gasteiger partial charge on any atom is -0.394 e. The molecule has 0 amide bonds. The number of aliphatic hydroxyl groups excluding tert-OH is 1. The van der Waals surface area contributed by atoms with Gasteiger partial charge in [-0.2, -0.15) is 26.3 Å². The van der Waals surface area contributed by atoms with Crippen LogP contribution in [0.4, 0.5) is 26.3 Å². The van der Waals surface area contributed by atoms with E-state index in [4.69, 9.17) is 24.1 Å². The summed E-state index contributed by atoms with van der Waals surface area (Å²) in [5.41, 5.74) is 0. The zero-order valence-electron chi connectivity index (χ0n) is 15.2. The normalized spacial score (nSPS) is 21.2. The molecule has 0 aromatic carbocycles. The van der Waals surface area contributed by atoms with Crippen LogP contribution in [0.1, 0.15) is 6.92 Å². The number of aliphatic hydroxyl groups is 1. The van der Waals surface area contributed by atoms with E-state index in [1.165, 1.54) is 0 Å². The minimum atomic E-state index is -5.76. The van der Waals surface area contributed by atoms with Crippen LogP contribution in [0.15, 0.2) is 0 Å². The Kier molecular flexibility index (Phi) is 10.4. The Bertz CT molecular complexity index is 418. The molecule has 1 aliphatic heterocycles. The van der Waals surface area contributed by atoms with Crippen LogP contribution in [0.25, 0.3) is 0 Å². The molecule has 2 atom stereocenters. The molecule has 0 radical (unpaired) electrons. The first-order valence-electron chi connectivity index (χ1n) is 8.44. The van der Waals surface area contributed by atoms with Crippen LogP contribution < -0.4 is 0 Å². The van der Waals surface area contributed by atoms with Gasteiger partial charge in [-0.15, -0.1) is 0 Å². The van der Waals surface area contributed by atoms with Gasteiger partial charge >= 0.3 is 18.1 Å². The molecule has 2 unspecified atom stereocenters. The second-order valence-electron chi connectivity index (χ2n) is 5.83. The Labute approximate surface area is 157 Å². The standard InChI is InChI=1S/C15H24F6O7/c1-11(26-7-6-24-5-4-23-3-2-22)8-25-9-12-10-27-13(28-12,14(16,17)18)15(19,20)21/h11-12,22H,2-10H2,1H3. The lowest BCUT2D eigenvalue weighted by Gasteiger charge is -2.31. The fraction of sp³-hybridized carbons (Fsp3) is 1.00. The smallest absolute Gasteiger partial charge is 0.394 e. The highest BCUT2D eigenvalue weighted by molar-refractivity contribution is 4.92. The van der Waals surface area contributed by atoms with Gasteiger partial charge < -0.3 is 33.5 Å². The van der Waals surface area contributed by atoms with Crippen molar-refractivity contribution in [2.24, 2.45) is 0 Å². The lowest BCUT2D eigenvalue weighted by molar-refractivity contribution is -0.443. The van der Waals surface area contributed by atoms with E-state index < -0.39 is 43.6 Å². The van der Waals surface area contributed by atoms with Gasteiger partial charge in [0.25, 0.3) is 0 Å². The maximum Gasteiger partial charge on any atom is 0.453 e. The van der Waals surface area contributed by atoms with Crippen LogP contribution in [0.2, 0.25) is 0 Å². The SMILES string of the molecule is CC(COCC1COC(C(F)(F)F)(C(F)(F)F)O1)OCCOCCOCCO. The second-order valence-corrected chi connectivity index (χ2v) is 5.83. The average Bonchev–Trinajstić information content (AvgIpc) is 3.03. The fourth-order valence-electron chi connectivity index (χ4n) is 2.16. The van der Waals surface area contributed by atoms with Gasteiger partial charge in [-0.3, -0.25) is 0 Å². The van der Waals surface area contributed by atoms with Gasteiger partial charge in [0.05, 0.1) is 65.6 Å². The van der Waals surface area contributed by atoms with Crippen molar-refractivity contribution >= 4 is 0 Å². The molecular formula is C15H24F6O7. The van der Waals surface area contributed by atoms with Crippen molar-refractivity contribution in [1.29, 1.82) is 0 Å². The maximum atomic E-state index is 12.8. The Morgan fingerprint density at radius 1 is 0.964 bits per heavy atom. The molecule has 0 saturated carbocycles. The zero-order chi connectivity index (χ0) is 21.3. The summed E-state index contributed by atoms with van der Waals surface area (Å²) in [6.45, 7) is 1.37. The Morgan fingerprint density at radius 2 is 1.54 bits per heavy atom. The highest BCUT2D eigenvalue weighted by atomic mass is 19.4. The van der Waals surface area contributed by atoms with Gasteiger partial charge in [-0.1, -0.05) is 0 Å². The van der Waals surface area contributed by atoms with Crippen LogP contribution in [-0.4, -0.2) is 94.9 Å². The summed E-state index contributed by atoms with van der Waals surface area (Å²) in [6, 6.07) is 0. The molecule has 1 saturated heterocycles. The van der Waals surface area contributed by atoms with E-state index in [-0.39, 0.29) is 33.0 Å². The summed E-state index contributed by atoms with van der Waals surface area (Å²) in [4.78, 5) is 0. The quantitative estimate of drug-likeness (QED) is 0.352. The van der Waals surface area contributed by atoms with E-state index in [0.717, 1.165) is 0 Å². The maximum absolute atomic E-state index is 12.8. The third-order valence-corrected chi connectivity index (χ3v) is 3.45. The van der Waals surface area contributed by atoms with E-state index in [0.29, 0.717) is 13.2 Å². The van der Waals surface area contributed by atoms with Crippen molar-refractivity contribution in [2.45, 2.75) is 37.3 Å². The van der Waals surface area contributed by atoms with Gasteiger partial charge in [-0.25, -0.2) is 0 Å². The number of hydrogen-bond donors (Lipinski definition) is 1. The summed E-state index contributed by atoms with van der Waals surface area (Å²) in [5, 5.41) is 8.49. The molecule has 28 heavy (non-hydrogen) atoms. The monoisotopic (exact) mass is 430 g/mol. The van der Waals surface area contributed by atoms with Gasteiger partial charge in [0, 0.05) is 0 Å². The Balaban J connectivity index is 2.19. The molecule has 1 fully saturated rings. The third kappa shape index (κ3) is 7.61. The van der Waals surface area contributed by atoms with E-state index in [2.05, 4.69) is 9.47 Å². The molecule has 0 bridgehead atoms. The van der Waals surface area contributed by atoms with Crippen molar-refractivity contribution in [2.75, 3.05) is 59.5 Å². The molecular weight excluding hydrogens is 406 g/mol. The highest BCUT2D eigenvalue weighted by Gasteiger charge is 2.77. The molecule has 0 spiro atoms. The molecule has 1 heterocycles. The molecule has 1 rings (SSSR count). The van der Waals surface area contributed by atoms with Crippen LogP contribution in [-0.2, 0) is 28.4 Å². The first kappa shape index (κ1) is 25.3. The van der Waals surface area contributed by atoms with Gasteiger partial charge in [0.1, 0.15) is 6.10 Å². The summed E-state index contributed by atoms with van der Waals surface area (Å²) in [7, 11) is 0. The molecule has 13 heteroatoms. The van der Waals surface area contributed by atoms with Crippen LogP contribution in [0.5, 0.6) is 0 Å². The fourth-order valence-corrected chi connectivity index (χ4v) is 2.16. The molecule has 7 nitrogen and oxygen atoms in total. The molecule has 0 aliphatic carbocycles. The van der Waals surface area contributed by atoms with Crippen LogP contribution in [0, 0.1) is 0 Å². The van der Waals surface area contributed by atoms with Crippen molar-refractivity contribution in [1.82, 2.24) is 0 Å². The number of hydrogen-bond acceptors (Lipinski definition) is 7. The van der Waals surface area contributed by atoms with Crippen molar-refractivity contribution in [3.63, 3.8) is 0 Å². The molecule has 1 aliphatic rings. The zero-order valence-corrected chi connectivity index (χ0v) is 15.2. The van der Waals surface area contributed by atoms with Crippen LogP contribution >= 0.6 is 0 Å². The molecule has 168 valence electrons. The highest BCUT2D eigenvalue weighted by Crippen LogP contribution is 2.49. The number of ether oxygens (including phenoxy) is 6. The van der Waals surface area contributed by atoms with Crippen molar-refractivity contribution < 1.29 is 59.9 Å². The number of alkyl halides is 6. The summed E-state index contributed by atoms with van der Waals surface area (Å²) in [5.74, 6) is -4.63. The largest absolute Gasteiger partial charge is 0.453 e. The van der Waals surface area contributed by atoms with Gasteiger partial charge in [0.2, 0.25) is 0 Å². The van der Waals surface area contributed by atoms with E-state index in [1.807, 2.05) is 0 Å². The molecule has 0 aromatic rings. The number of halogens is 6. The predicted molar refractivity (Wildman–Crippen MR) is 80.6 cm³/mol. The lowest BCUT2D eigenvalue weighted by atomic mass is 10.2. The Hall–Kier alpha value is -0.700. The Morgan fingerprint density at radius 3 is 2.07 bits per heavy atom. The summed E-state index contributed by atoms with van der Waals surface area (Å²) in [6.07, 6.45) is -13.5. The second kappa shape index (κ2) is 11.5. The van der Waals surface area contributed by atoms with Crippen molar-refractivity contribution in [3.05, 3.63) is 0 Å². The summed E-state index contributed by atoms with van der Waals surface area (Å²) >= 11 is 0. The lowest BCUT2D eigenvalue weighted by Crippen LogP contribution is -2.58. The van der Waals surface area contributed by atoms with Crippen molar-refractivity contribution in [3.8, 4) is 0 Å². The van der Waals surface area contributed by atoms with Crippen LogP contribution in [0.3, 0.4) is 0 Å². The molecule has 1 N–H and O–H groups in total. The van der Waals surface area contributed by atoms with E-state index >= 15 is 0 Å². The minimum absolute atomic E-state index is 0.0650. The number of rotatable bonds is 13. The topological polar surface area (TPSA) is 75.6 Å². The molecule has 0 aromatic heterocycles.